The van der Waals surface area contributed by atoms with Crippen molar-refractivity contribution < 1.29 is 14.6 Å². The molecule has 1 fully saturated rings. The van der Waals surface area contributed by atoms with Crippen LogP contribution in [-0.2, 0) is 9.47 Å². The quantitative estimate of drug-likeness (QED) is 0.759. The van der Waals surface area contributed by atoms with Crippen LogP contribution < -0.4 is 0 Å². The van der Waals surface area contributed by atoms with Crippen molar-refractivity contribution in [2.45, 2.75) is 91.5 Å². The molecule has 0 bridgehead atoms. The molecule has 1 saturated heterocycles. The minimum Gasteiger partial charge on any atom is -0.390 e. The third-order valence-corrected chi connectivity index (χ3v) is 4.40. The lowest BCUT2D eigenvalue weighted by Crippen LogP contribution is -2.38. The van der Waals surface area contributed by atoms with E-state index in [9.17, 15) is 5.11 Å². The predicted molar refractivity (Wildman–Crippen MR) is 96.6 cm³/mol. The molecule has 0 amide bonds. The van der Waals surface area contributed by atoms with Crippen molar-refractivity contribution >= 4 is 0 Å². The third kappa shape index (κ3) is 9.49. The summed E-state index contributed by atoms with van der Waals surface area (Å²) in [6.45, 7) is 14.6. The van der Waals surface area contributed by atoms with Crippen molar-refractivity contribution in [3.05, 3.63) is 11.6 Å². The van der Waals surface area contributed by atoms with Gasteiger partial charge in [-0.25, -0.2) is 0 Å². The zero-order valence-electron chi connectivity index (χ0n) is 16.1. The van der Waals surface area contributed by atoms with Gasteiger partial charge >= 0.3 is 0 Å². The summed E-state index contributed by atoms with van der Waals surface area (Å²) in [6, 6.07) is 0. The summed E-state index contributed by atoms with van der Waals surface area (Å²) in [5.74, 6) is 1.39. The Bertz CT molecular complexity index is 358. The van der Waals surface area contributed by atoms with E-state index in [1.165, 1.54) is 5.57 Å². The van der Waals surface area contributed by atoms with Gasteiger partial charge in [0.05, 0.1) is 24.4 Å². The number of rotatable bonds is 4. The molecule has 0 radical (unpaired) electrons. The Morgan fingerprint density at radius 1 is 1.13 bits per heavy atom. The number of hydrogen-bond acceptors (Lipinski definition) is 3. The highest BCUT2D eigenvalue weighted by atomic mass is 16.5. The highest BCUT2D eigenvalue weighted by molar-refractivity contribution is 5.05. The van der Waals surface area contributed by atoms with Crippen LogP contribution in [0.2, 0.25) is 0 Å². The molecule has 0 aromatic carbocycles. The minimum atomic E-state index is -0.488. The van der Waals surface area contributed by atoms with Gasteiger partial charge in [-0.15, -0.1) is 0 Å². The lowest BCUT2D eigenvalue weighted by Gasteiger charge is -2.34. The molecule has 0 saturated carbocycles. The average molecular weight is 327 g/mol. The molecular formula is C20H38O3. The monoisotopic (exact) mass is 326 g/mol. The van der Waals surface area contributed by atoms with Crippen molar-refractivity contribution in [1.82, 2.24) is 0 Å². The van der Waals surface area contributed by atoms with E-state index in [1.807, 2.05) is 6.92 Å². The van der Waals surface area contributed by atoms with Crippen molar-refractivity contribution in [2.75, 3.05) is 13.2 Å². The van der Waals surface area contributed by atoms with E-state index in [-0.39, 0.29) is 6.10 Å². The van der Waals surface area contributed by atoms with E-state index >= 15 is 0 Å². The molecule has 2 rings (SSSR count). The number of ether oxygens (including phenoxy) is 2. The molecule has 23 heavy (non-hydrogen) atoms. The molecule has 0 aromatic rings. The molecule has 2 aliphatic rings. The molecule has 0 spiro atoms. The smallest absolute Gasteiger partial charge is 0.0760 e. The maximum Gasteiger partial charge on any atom is 0.0760 e. The fourth-order valence-electron chi connectivity index (χ4n) is 3.19. The molecular weight excluding hydrogens is 288 g/mol. The van der Waals surface area contributed by atoms with Crippen LogP contribution >= 0.6 is 0 Å². The second-order valence-corrected chi connectivity index (χ2v) is 8.38. The summed E-state index contributed by atoms with van der Waals surface area (Å²) in [4.78, 5) is 0. The van der Waals surface area contributed by atoms with Gasteiger partial charge in [0.15, 0.2) is 0 Å². The summed E-state index contributed by atoms with van der Waals surface area (Å²) >= 11 is 0. The van der Waals surface area contributed by atoms with Gasteiger partial charge < -0.3 is 14.6 Å². The van der Waals surface area contributed by atoms with Gasteiger partial charge in [-0.3, -0.25) is 0 Å². The van der Waals surface area contributed by atoms with Gasteiger partial charge in [-0.1, -0.05) is 39.3 Å². The minimum absolute atomic E-state index is 0.272. The fraction of sp³-hybridized carbons (Fsp3) is 0.900. The van der Waals surface area contributed by atoms with Crippen LogP contribution in [0.3, 0.4) is 0 Å². The highest BCUT2D eigenvalue weighted by Gasteiger charge is 2.30. The predicted octanol–water partition coefficient (Wildman–Crippen LogP) is 4.73. The normalized spacial score (nSPS) is 31.6. The summed E-state index contributed by atoms with van der Waals surface area (Å²) in [6.07, 6.45) is 7.86. The van der Waals surface area contributed by atoms with Crippen LogP contribution in [0.1, 0.15) is 73.6 Å². The SMILES string of the molecule is CC(C)CC1CC(C)(O)CCO1.CC1=CC(CC(C)C)OCC1. The van der Waals surface area contributed by atoms with Crippen molar-refractivity contribution in [2.24, 2.45) is 11.8 Å². The van der Waals surface area contributed by atoms with E-state index in [0.717, 1.165) is 44.6 Å². The Hall–Kier alpha value is -0.380. The van der Waals surface area contributed by atoms with Crippen LogP contribution in [0.25, 0.3) is 0 Å². The second-order valence-electron chi connectivity index (χ2n) is 8.38. The molecule has 1 N–H and O–H groups in total. The third-order valence-electron chi connectivity index (χ3n) is 4.40. The van der Waals surface area contributed by atoms with E-state index in [2.05, 4.69) is 40.7 Å². The zero-order chi connectivity index (χ0) is 17.5. The fourth-order valence-corrected chi connectivity index (χ4v) is 3.19. The summed E-state index contributed by atoms with van der Waals surface area (Å²) in [5.41, 5.74) is 1.000. The molecule has 0 aromatic heterocycles. The van der Waals surface area contributed by atoms with Crippen molar-refractivity contribution in [3.63, 3.8) is 0 Å². The molecule has 0 aliphatic carbocycles. The molecule has 2 aliphatic heterocycles. The lowest BCUT2D eigenvalue weighted by atomic mass is 9.89. The van der Waals surface area contributed by atoms with Crippen LogP contribution in [0.15, 0.2) is 11.6 Å². The van der Waals surface area contributed by atoms with Crippen LogP contribution in [0, 0.1) is 11.8 Å². The summed E-state index contributed by atoms with van der Waals surface area (Å²) < 4.78 is 11.1. The van der Waals surface area contributed by atoms with Crippen LogP contribution in [0.4, 0.5) is 0 Å². The number of hydrogen-bond donors (Lipinski definition) is 1. The topological polar surface area (TPSA) is 38.7 Å². The zero-order valence-corrected chi connectivity index (χ0v) is 16.1. The first-order valence-corrected chi connectivity index (χ1v) is 9.31. The van der Waals surface area contributed by atoms with E-state index in [4.69, 9.17) is 9.47 Å². The standard InChI is InChI=1S/C10H20O2.C10H18O/c1-8(2)6-9-7-10(3,11)4-5-12-9;1-8(2)6-10-7-9(3)4-5-11-10/h8-9,11H,4-7H2,1-3H3;7-8,10H,4-6H2,1-3H3. The van der Waals surface area contributed by atoms with Crippen molar-refractivity contribution in [3.8, 4) is 0 Å². The Morgan fingerprint density at radius 3 is 2.30 bits per heavy atom. The maximum absolute atomic E-state index is 9.78. The first kappa shape index (κ1) is 20.7. The second kappa shape index (κ2) is 9.80. The van der Waals surface area contributed by atoms with Gasteiger partial charge in [0.25, 0.3) is 0 Å². The summed E-state index contributed by atoms with van der Waals surface area (Å²) in [7, 11) is 0. The Morgan fingerprint density at radius 2 is 1.78 bits per heavy atom. The first-order valence-electron chi connectivity index (χ1n) is 9.31. The van der Waals surface area contributed by atoms with Gasteiger partial charge in [-0.05, 0) is 51.4 Å². The van der Waals surface area contributed by atoms with Gasteiger partial charge in [0.2, 0.25) is 0 Å². The van der Waals surface area contributed by atoms with E-state index in [1.54, 1.807) is 0 Å². The summed E-state index contributed by atoms with van der Waals surface area (Å²) in [5, 5.41) is 9.78. The molecule has 136 valence electrons. The molecule has 3 unspecified atom stereocenters. The van der Waals surface area contributed by atoms with Crippen molar-refractivity contribution in [1.29, 1.82) is 0 Å². The Kier molecular flexibility index (Phi) is 8.81. The van der Waals surface area contributed by atoms with Crippen LogP contribution in [-0.4, -0.2) is 36.1 Å². The average Bonchev–Trinajstić information content (AvgIpc) is 2.36. The first-order chi connectivity index (χ1) is 10.7. The lowest BCUT2D eigenvalue weighted by molar-refractivity contribution is -0.0985. The molecule has 3 heteroatoms. The Balaban J connectivity index is 0.000000231. The highest BCUT2D eigenvalue weighted by Crippen LogP contribution is 2.27. The number of aliphatic hydroxyl groups is 1. The van der Waals surface area contributed by atoms with E-state index < -0.39 is 5.60 Å². The molecule has 3 nitrogen and oxygen atoms in total. The molecule has 2 heterocycles. The largest absolute Gasteiger partial charge is 0.390 e. The maximum atomic E-state index is 9.78. The van der Waals surface area contributed by atoms with E-state index in [0.29, 0.717) is 18.6 Å². The molecule has 3 atom stereocenters. The van der Waals surface area contributed by atoms with Gasteiger partial charge in [-0.2, -0.15) is 0 Å². The van der Waals surface area contributed by atoms with Gasteiger partial charge in [0.1, 0.15) is 0 Å². The van der Waals surface area contributed by atoms with Gasteiger partial charge in [0, 0.05) is 13.0 Å². The van der Waals surface area contributed by atoms with Crippen LogP contribution in [0.5, 0.6) is 0 Å². The Labute approximate surface area is 143 Å².